The van der Waals surface area contributed by atoms with Crippen LogP contribution in [0.4, 0.5) is 5.95 Å². The van der Waals surface area contributed by atoms with Crippen LogP contribution >= 0.6 is 0 Å². The summed E-state index contributed by atoms with van der Waals surface area (Å²) >= 11 is 0. The third-order valence-corrected chi connectivity index (χ3v) is 2.69. The first-order valence-corrected chi connectivity index (χ1v) is 6.11. The van der Waals surface area contributed by atoms with Gasteiger partial charge in [0.05, 0.1) is 12.8 Å². The van der Waals surface area contributed by atoms with Crippen LogP contribution in [-0.4, -0.2) is 22.8 Å². The van der Waals surface area contributed by atoms with Crippen molar-refractivity contribution in [3.63, 3.8) is 0 Å². The number of hydrazone groups is 1. The summed E-state index contributed by atoms with van der Waals surface area (Å²) in [6.07, 6.45) is 0. The molecule has 1 heterocycles. The highest BCUT2D eigenvalue weighted by molar-refractivity contribution is 5.99. The summed E-state index contributed by atoms with van der Waals surface area (Å²) in [4.78, 5) is 18.0. The van der Waals surface area contributed by atoms with Crippen LogP contribution in [0.2, 0.25) is 0 Å². The number of nitrogens with zero attached hydrogens (tertiary/aromatic N) is 2. The standard InChI is InChI=1S/C14H16N4O2/c1-9-7-13(19)16-14(15-9)18-17-10(2)11-5-4-6-12(8-11)20-3/h4-8H,1-3H3,(H2,15,16,18,19)/b17-10-. The molecule has 104 valence electrons. The molecule has 20 heavy (non-hydrogen) atoms. The largest absolute Gasteiger partial charge is 0.497 e. The minimum atomic E-state index is -0.214. The van der Waals surface area contributed by atoms with Crippen LogP contribution in [0.25, 0.3) is 0 Å². The third kappa shape index (κ3) is 3.44. The van der Waals surface area contributed by atoms with Crippen molar-refractivity contribution in [1.82, 2.24) is 9.97 Å². The highest BCUT2D eigenvalue weighted by Crippen LogP contribution is 2.13. The van der Waals surface area contributed by atoms with Gasteiger partial charge >= 0.3 is 0 Å². The summed E-state index contributed by atoms with van der Waals surface area (Å²) in [7, 11) is 1.62. The lowest BCUT2D eigenvalue weighted by Gasteiger charge is -2.05. The first kappa shape index (κ1) is 13.8. The Hall–Kier alpha value is -2.63. The van der Waals surface area contributed by atoms with Crippen LogP contribution in [0.15, 0.2) is 40.2 Å². The van der Waals surface area contributed by atoms with Gasteiger partial charge in [-0.15, -0.1) is 0 Å². The maximum absolute atomic E-state index is 11.3. The topological polar surface area (TPSA) is 79.4 Å². The second-order valence-electron chi connectivity index (χ2n) is 4.28. The highest BCUT2D eigenvalue weighted by Gasteiger charge is 2.01. The lowest BCUT2D eigenvalue weighted by atomic mass is 10.1. The van der Waals surface area contributed by atoms with Crippen LogP contribution in [0.5, 0.6) is 5.75 Å². The van der Waals surface area contributed by atoms with Gasteiger partial charge in [-0.1, -0.05) is 12.1 Å². The van der Waals surface area contributed by atoms with Gasteiger partial charge in [0.1, 0.15) is 5.75 Å². The molecule has 0 amide bonds. The maximum atomic E-state index is 11.3. The zero-order valence-corrected chi connectivity index (χ0v) is 11.6. The Morgan fingerprint density at radius 1 is 1.40 bits per heavy atom. The second-order valence-corrected chi connectivity index (χ2v) is 4.28. The highest BCUT2D eigenvalue weighted by atomic mass is 16.5. The molecule has 0 fully saturated rings. The fourth-order valence-corrected chi connectivity index (χ4v) is 1.68. The Balaban J connectivity index is 2.19. The molecule has 0 saturated carbocycles. The zero-order valence-electron chi connectivity index (χ0n) is 11.6. The van der Waals surface area contributed by atoms with Crippen molar-refractivity contribution in [3.8, 4) is 5.75 Å². The maximum Gasteiger partial charge on any atom is 0.252 e. The van der Waals surface area contributed by atoms with Gasteiger partial charge in [-0.2, -0.15) is 5.10 Å². The number of aryl methyl sites for hydroxylation is 1. The van der Waals surface area contributed by atoms with Crippen LogP contribution in [0, 0.1) is 6.92 Å². The second kappa shape index (κ2) is 6.01. The molecule has 0 unspecified atom stereocenters. The van der Waals surface area contributed by atoms with Gasteiger partial charge in [0.25, 0.3) is 5.56 Å². The average molecular weight is 272 g/mol. The predicted octanol–water partition coefficient (Wildman–Crippen LogP) is 1.92. The summed E-state index contributed by atoms with van der Waals surface area (Å²) in [6.45, 7) is 3.61. The summed E-state index contributed by atoms with van der Waals surface area (Å²) in [5, 5.41) is 4.20. The van der Waals surface area contributed by atoms with E-state index in [4.69, 9.17) is 4.74 Å². The van der Waals surface area contributed by atoms with Crippen LogP contribution in [-0.2, 0) is 0 Å². The number of hydrogen-bond acceptors (Lipinski definition) is 5. The average Bonchev–Trinajstić information content (AvgIpc) is 2.44. The molecule has 0 aliphatic carbocycles. The number of ether oxygens (including phenoxy) is 1. The quantitative estimate of drug-likeness (QED) is 0.658. The molecule has 0 aliphatic heterocycles. The van der Waals surface area contributed by atoms with E-state index in [1.54, 1.807) is 14.0 Å². The zero-order chi connectivity index (χ0) is 14.5. The van der Waals surface area contributed by atoms with Gasteiger partial charge < -0.3 is 4.74 Å². The molecule has 6 heteroatoms. The first-order valence-electron chi connectivity index (χ1n) is 6.11. The van der Waals surface area contributed by atoms with Crippen molar-refractivity contribution >= 4 is 11.7 Å². The van der Waals surface area contributed by atoms with Gasteiger partial charge in [0.15, 0.2) is 0 Å². The van der Waals surface area contributed by atoms with Crippen molar-refractivity contribution in [3.05, 3.63) is 51.9 Å². The van der Waals surface area contributed by atoms with Gasteiger partial charge in [-0.05, 0) is 26.0 Å². The molecular weight excluding hydrogens is 256 g/mol. The van der Waals surface area contributed by atoms with Crippen LogP contribution in [0.3, 0.4) is 0 Å². The number of aromatic amines is 1. The van der Waals surface area contributed by atoms with E-state index < -0.39 is 0 Å². The molecule has 0 saturated heterocycles. The molecule has 2 aromatic rings. The molecule has 0 aliphatic rings. The monoisotopic (exact) mass is 272 g/mol. The Kier molecular flexibility index (Phi) is 4.14. The third-order valence-electron chi connectivity index (χ3n) is 2.69. The van der Waals surface area contributed by atoms with E-state index in [0.29, 0.717) is 11.6 Å². The van der Waals surface area contributed by atoms with E-state index in [9.17, 15) is 4.79 Å². The molecular formula is C14H16N4O2. The Morgan fingerprint density at radius 2 is 2.20 bits per heavy atom. The Bertz CT molecular complexity index is 692. The number of nitrogens with one attached hydrogen (secondary N) is 2. The number of H-pyrrole nitrogens is 1. The molecule has 6 nitrogen and oxygen atoms in total. The van der Waals surface area contributed by atoms with Crippen LogP contribution in [0.1, 0.15) is 18.2 Å². The van der Waals surface area contributed by atoms with Crippen molar-refractivity contribution in [1.29, 1.82) is 0 Å². The van der Waals surface area contributed by atoms with E-state index in [2.05, 4.69) is 20.5 Å². The molecule has 0 bridgehead atoms. The molecule has 2 rings (SSSR count). The molecule has 2 N–H and O–H groups in total. The van der Waals surface area contributed by atoms with Gasteiger partial charge in [-0.25, -0.2) is 10.4 Å². The Labute approximate surface area is 116 Å². The summed E-state index contributed by atoms with van der Waals surface area (Å²) in [5.74, 6) is 1.08. The summed E-state index contributed by atoms with van der Waals surface area (Å²) < 4.78 is 5.16. The van der Waals surface area contributed by atoms with Gasteiger partial charge in [0.2, 0.25) is 5.95 Å². The van der Waals surface area contributed by atoms with Gasteiger partial charge in [-0.3, -0.25) is 9.78 Å². The minimum absolute atomic E-state index is 0.214. The fraction of sp³-hybridized carbons (Fsp3) is 0.214. The predicted molar refractivity (Wildman–Crippen MR) is 78.4 cm³/mol. The van der Waals surface area contributed by atoms with Crippen molar-refractivity contribution in [2.45, 2.75) is 13.8 Å². The number of aromatic nitrogens is 2. The minimum Gasteiger partial charge on any atom is -0.497 e. The van der Waals surface area contributed by atoms with E-state index in [1.807, 2.05) is 31.2 Å². The van der Waals surface area contributed by atoms with Crippen molar-refractivity contribution < 1.29 is 4.74 Å². The molecule has 0 spiro atoms. The number of methoxy groups -OCH3 is 1. The van der Waals surface area contributed by atoms with Crippen molar-refractivity contribution in [2.75, 3.05) is 12.5 Å². The summed E-state index contributed by atoms with van der Waals surface area (Å²) in [5.41, 5.74) is 4.84. The lowest BCUT2D eigenvalue weighted by molar-refractivity contribution is 0.414. The van der Waals surface area contributed by atoms with Gasteiger partial charge in [0, 0.05) is 17.3 Å². The molecule has 1 aromatic heterocycles. The SMILES string of the molecule is COc1cccc(/C(C)=N\Nc2nc(C)cc(=O)[nH]2)c1. The lowest BCUT2D eigenvalue weighted by Crippen LogP contribution is -2.11. The summed E-state index contributed by atoms with van der Waals surface area (Å²) in [6, 6.07) is 8.98. The normalized spacial score (nSPS) is 11.2. The first-order chi connectivity index (χ1) is 9.58. The number of benzene rings is 1. The van der Waals surface area contributed by atoms with E-state index in [-0.39, 0.29) is 5.56 Å². The number of hydrogen-bond donors (Lipinski definition) is 2. The molecule has 0 atom stereocenters. The van der Waals surface area contributed by atoms with Crippen molar-refractivity contribution in [2.24, 2.45) is 5.10 Å². The van der Waals surface area contributed by atoms with E-state index in [1.165, 1.54) is 6.07 Å². The van der Waals surface area contributed by atoms with Crippen LogP contribution < -0.4 is 15.7 Å². The Morgan fingerprint density at radius 3 is 2.90 bits per heavy atom. The number of anilines is 1. The van der Waals surface area contributed by atoms with E-state index >= 15 is 0 Å². The fourth-order valence-electron chi connectivity index (χ4n) is 1.68. The molecule has 0 radical (unpaired) electrons. The number of rotatable bonds is 4. The smallest absolute Gasteiger partial charge is 0.252 e. The molecule has 1 aromatic carbocycles. The van der Waals surface area contributed by atoms with E-state index in [0.717, 1.165) is 17.0 Å².